The molecule has 3 rings (SSSR count). The fourth-order valence-electron chi connectivity index (χ4n) is 2.69. The van der Waals surface area contributed by atoms with Crippen LogP contribution in [0.4, 0.5) is 0 Å². The average Bonchev–Trinajstić information content (AvgIpc) is 2.97. The van der Waals surface area contributed by atoms with Crippen LogP contribution >= 0.6 is 0 Å². The van der Waals surface area contributed by atoms with Gasteiger partial charge in [-0.2, -0.15) is 5.10 Å². The zero-order chi connectivity index (χ0) is 14.8. The van der Waals surface area contributed by atoms with Gasteiger partial charge in [-0.1, -0.05) is 18.2 Å². The second-order valence-corrected chi connectivity index (χ2v) is 5.51. The molecule has 2 aromatic rings. The number of aromatic nitrogens is 2. The van der Waals surface area contributed by atoms with Crippen LogP contribution in [0.5, 0.6) is 0 Å². The van der Waals surface area contributed by atoms with Gasteiger partial charge in [0.05, 0.1) is 17.4 Å². The van der Waals surface area contributed by atoms with Crippen molar-refractivity contribution in [3.05, 3.63) is 47.8 Å². The Bertz CT molecular complexity index is 649. The second-order valence-electron chi connectivity index (χ2n) is 5.51. The van der Waals surface area contributed by atoms with Crippen LogP contribution < -0.4 is 5.32 Å². The summed E-state index contributed by atoms with van der Waals surface area (Å²) in [6, 6.07) is 8.23. The molecule has 1 fully saturated rings. The van der Waals surface area contributed by atoms with Crippen molar-refractivity contribution in [2.75, 3.05) is 19.6 Å². The number of nitrogens with zero attached hydrogens (tertiary/aromatic N) is 3. The van der Waals surface area contributed by atoms with Crippen LogP contribution in [0.3, 0.4) is 0 Å². The maximum atomic E-state index is 12.6. The summed E-state index contributed by atoms with van der Waals surface area (Å²) in [4.78, 5) is 14.5. The summed E-state index contributed by atoms with van der Waals surface area (Å²) in [6.45, 7) is 6.54. The van der Waals surface area contributed by atoms with Crippen molar-refractivity contribution in [3.8, 4) is 5.69 Å². The largest absolute Gasteiger partial charge is 0.333 e. The first-order valence-electron chi connectivity index (χ1n) is 7.29. The number of nitrogens with one attached hydrogen (secondary N) is 1. The number of para-hydroxylation sites is 1. The molecule has 1 aliphatic rings. The number of carbonyl (C=O) groups is 1. The Kier molecular flexibility index (Phi) is 3.75. The lowest BCUT2D eigenvalue weighted by Gasteiger charge is -2.33. The van der Waals surface area contributed by atoms with Gasteiger partial charge in [0, 0.05) is 31.9 Å². The Morgan fingerprint density at radius 3 is 2.95 bits per heavy atom. The van der Waals surface area contributed by atoms with Crippen molar-refractivity contribution in [1.82, 2.24) is 20.0 Å². The molecule has 0 aliphatic carbocycles. The van der Waals surface area contributed by atoms with Crippen molar-refractivity contribution in [2.45, 2.75) is 19.9 Å². The monoisotopic (exact) mass is 284 g/mol. The lowest BCUT2D eigenvalue weighted by Crippen LogP contribution is -2.52. The molecule has 5 nitrogen and oxygen atoms in total. The van der Waals surface area contributed by atoms with Crippen molar-refractivity contribution in [2.24, 2.45) is 0 Å². The maximum absolute atomic E-state index is 12.6. The Morgan fingerprint density at radius 1 is 1.38 bits per heavy atom. The molecule has 1 N–H and O–H groups in total. The van der Waals surface area contributed by atoms with Crippen LogP contribution in [0, 0.1) is 6.92 Å². The molecule has 1 amide bonds. The highest BCUT2D eigenvalue weighted by Gasteiger charge is 2.25. The molecule has 21 heavy (non-hydrogen) atoms. The molecule has 1 aliphatic heterocycles. The molecule has 2 heterocycles. The number of rotatable bonds is 2. The highest BCUT2D eigenvalue weighted by atomic mass is 16.2. The zero-order valence-corrected chi connectivity index (χ0v) is 12.4. The lowest BCUT2D eigenvalue weighted by molar-refractivity contribution is 0.0656. The molecule has 0 bridgehead atoms. The van der Waals surface area contributed by atoms with E-state index in [0.717, 1.165) is 30.9 Å². The van der Waals surface area contributed by atoms with Gasteiger partial charge >= 0.3 is 0 Å². The van der Waals surface area contributed by atoms with E-state index in [0.29, 0.717) is 5.56 Å². The number of aryl methyl sites for hydroxylation is 1. The van der Waals surface area contributed by atoms with E-state index in [2.05, 4.69) is 17.3 Å². The molecule has 1 aromatic heterocycles. The van der Waals surface area contributed by atoms with Gasteiger partial charge in [0.15, 0.2) is 0 Å². The van der Waals surface area contributed by atoms with Crippen LogP contribution in [-0.2, 0) is 0 Å². The number of hydrogen-bond donors (Lipinski definition) is 1. The fourth-order valence-corrected chi connectivity index (χ4v) is 2.69. The third-order valence-electron chi connectivity index (χ3n) is 3.95. The first-order chi connectivity index (χ1) is 10.2. The third kappa shape index (κ3) is 2.69. The smallest absolute Gasteiger partial charge is 0.257 e. The molecular formula is C16H20N4O. The van der Waals surface area contributed by atoms with Gasteiger partial charge in [-0.3, -0.25) is 4.79 Å². The normalized spacial score (nSPS) is 18.8. The predicted octanol–water partition coefficient (Wildman–Crippen LogP) is 1.61. The van der Waals surface area contributed by atoms with Gasteiger partial charge in [0.1, 0.15) is 0 Å². The van der Waals surface area contributed by atoms with Crippen LogP contribution in [0.25, 0.3) is 5.69 Å². The quantitative estimate of drug-likeness (QED) is 0.911. The van der Waals surface area contributed by atoms with Crippen molar-refractivity contribution in [3.63, 3.8) is 0 Å². The van der Waals surface area contributed by atoms with E-state index in [9.17, 15) is 4.79 Å². The summed E-state index contributed by atoms with van der Waals surface area (Å²) in [5, 5.41) is 7.64. The Balaban J connectivity index is 1.85. The summed E-state index contributed by atoms with van der Waals surface area (Å²) in [5.74, 6) is 0.0591. The third-order valence-corrected chi connectivity index (χ3v) is 3.95. The second kappa shape index (κ2) is 5.69. The van der Waals surface area contributed by atoms with E-state index in [1.54, 1.807) is 10.9 Å². The molecule has 0 radical (unpaired) electrons. The fraction of sp³-hybridized carbons (Fsp3) is 0.375. The summed E-state index contributed by atoms with van der Waals surface area (Å²) in [6.07, 6.45) is 3.48. The minimum Gasteiger partial charge on any atom is -0.333 e. The lowest BCUT2D eigenvalue weighted by atomic mass is 10.2. The van der Waals surface area contributed by atoms with Crippen molar-refractivity contribution in [1.29, 1.82) is 0 Å². The van der Waals surface area contributed by atoms with E-state index in [-0.39, 0.29) is 11.9 Å². The molecule has 0 saturated carbocycles. The molecule has 1 atom stereocenters. The molecule has 1 aromatic carbocycles. The van der Waals surface area contributed by atoms with Gasteiger partial charge in [0.25, 0.3) is 5.91 Å². The van der Waals surface area contributed by atoms with Gasteiger partial charge in [0.2, 0.25) is 0 Å². The minimum atomic E-state index is 0.0591. The number of benzene rings is 1. The molecule has 1 saturated heterocycles. The molecule has 0 spiro atoms. The first kappa shape index (κ1) is 13.8. The number of amides is 1. The standard InChI is InChI=1S/C16H20N4O/c1-12-5-3-4-6-15(12)20-11-14(10-18-20)16(21)19-8-7-17-9-13(19)2/h3-6,10-11,13,17H,7-9H2,1-2H3/t13-/m0/s1. The number of piperazine rings is 1. The first-order valence-corrected chi connectivity index (χ1v) is 7.29. The molecular weight excluding hydrogens is 264 g/mol. The minimum absolute atomic E-state index is 0.0591. The Labute approximate surface area is 124 Å². The Morgan fingerprint density at radius 2 is 2.19 bits per heavy atom. The van der Waals surface area contributed by atoms with Crippen molar-refractivity contribution >= 4 is 5.91 Å². The van der Waals surface area contributed by atoms with E-state index >= 15 is 0 Å². The van der Waals surface area contributed by atoms with E-state index < -0.39 is 0 Å². The predicted molar refractivity (Wildman–Crippen MR) is 81.7 cm³/mol. The molecule has 110 valence electrons. The van der Waals surface area contributed by atoms with Gasteiger partial charge in [-0.05, 0) is 25.5 Å². The van der Waals surface area contributed by atoms with Crippen LogP contribution in [0.15, 0.2) is 36.7 Å². The van der Waals surface area contributed by atoms with Gasteiger partial charge in [-0.15, -0.1) is 0 Å². The van der Waals surface area contributed by atoms with Gasteiger partial charge in [-0.25, -0.2) is 4.68 Å². The topological polar surface area (TPSA) is 50.2 Å². The SMILES string of the molecule is Cc1ccccc1-n1cc(C(=O)N2CCNC[C@@H]2C)cn1. The molecule has 0 unspecified atom stereocenters. The summed E-state index contributed by atoms with van der Waals surface area (Å²) in [5.41, 5.74) is 2.78. The van der Waals surface area contributed by atoms with E-state index in [4.69, 9.17) is 0 Å². The highest BCUT2D eigenvalue weighted by molar-refractivity contribution is 5.94. The average molecular weight is 284 g/mol. The number of hydrogen-bond acceptors (Lipinski definition) is 3. The van der Waals surface area contributed by atoms with Gasteiger partial charge < -0.3 is 10.2 Å². The van der Waals surface area contributed by atoms with Crippen LogP contribution in [-0.4, -0.2) is 46.3 Å². The maximum Gasteiger partial charge on any atom is 0.257 e. The number of carbonyl (C=O) groups excluding carboxylic acids is 1. The zero-order valence-electron chi connectivity index (χ0n) is 12.4. The van der Waals surface area contributed by atoms with Crippen LogP contribution in [0.2, 0.25) is 0 Å². The van der Waals surface area contributed by atoms with E-state index in [1.807, 2.05) is 42.3 Å². The Hall–Kier alpha value is -2.14. The highest BCUT2D eigenvalue weighted by Crippen LogP contribution is 2.15. The van der Waals surface area contributed by atoms with E-state index in [1.165, 1.54) is 0 Å². The molecule has 5 heteroatoms. The summed E-state index contributed by atoms with van der Waals surface area (Å²) < 4.78 is 1.77. The summed E-state index contributed by atoms with van der Waals surface area (Å²) >= 11 is 0. The van der Waals surface area contributed by atoms with Crippen LogP contribution in [0.1, 0.15) is 22.8 Å². The summed E-state index contributed by atoms with van der Waals surface area (Å²) in [7, 11) is 0. The van der Waals surface area contributed by atoms with Crippen molar-refractivity contribution < 1.29 is 4.79 Å².